The number of hydrogen-bond donors (Lipinski definition) is 2. The summed E-state index contributed by atoms with van der Waals surface area (Å²) >= 11 is 0. The molecule has 1 saturated heterocycles. The van der Waals surface area contributed by atoms with Crippen molar-refractivity contribution >= 4 is 12.6 Å². The van der Waals surface area contributed by atoms with Crippen molar-refractivity contribution in [3.8, 4) is 0 Å². The van der Waals surface area contributed by atoms with Gasteiger partial charge in [0.2, 0.25) is 0 Å². The third kappa shape index (κ3) is 2.61. The standard InChI is InChI=1S/C11H15BFNO2/c13-11-7-9(3-4-10(11)12(15)16)8-14-5-1-2-6-14/h3-4,7,15-16H,1-2,5-6,8H2. The van der Waals surface area contributed by atoms with E-state index in [0.29, 0.717) is 0 Å². The van der Waals surface area contributed by atoms with Gasteiger partial charge in [0.05, 0.1) is 0 Å². The number of nitrogens with zero attached hydrogens (tertiary/aromatic N) is 1. The van der Waals surface area contributed by atoms with Gasteiger partial charge < -0.3 is 10.0 Å². The topological polar surface area (TPSA) is 43.7 Å². The van der Waals surface area contributed by atoms with Crippen LogP contribution in [0.3, 0.4) is 0 Å². The van der Waals surface area contributed by atoms with E-state index >= 15 is 0 Å². The lowest BCUT2D eigenvalue weighted by Gasteiger charge is -2.15. The van der Waals surface area contributed by atoms with Gasteiger partial charge in [0.25, 0.3) is 0 Å². The van der Waals surface area contributed by atoms with Crippen molar-refractivity contribution in [1.82, 2.24) is 4.90 Å². The Morgan fingerprint density at radius 2 is 1.94 bits per heavy atom. The van der Waals surface area contributed by atoms with Crippen LogP contribution in [0.1, 0.15) is 18.4 Å². The van der Waals surface area contributed by atoms with E-state index in [1.54, 1.807) is 6.07 Å². The summed E-state index contributed by atoms with van der Waals surface area (Å²) in [6.45, 7) is 2.86. The minimum Gasteiger partial charge on any atom is -0.423 e. The highest BCUT2D eigenvalue weighted by Gasteiger charge is 2.17. The average Bonchev–Trinajstić information content (AvgIpc) is 2.70. The molecule has 0 saturated carbocycles. The van der Waals surface area contributed by atoms with E-state index in [0.717, 1.165) is 25.2 Å². The molecule has 1 heterocycles. The second-order valence-electron chi connectivity index (χ2n) is 4.21. The molecule has 0 aliphatic carbocycles. The number of likely N-dealkylation sites (tertiary alicyclic amines) is 1. The zero-order valence-corrected chi connectivity index (χ0v) is 9.06. The van der Waals surface area contributed by atoms with Gasteiger partial charge in [-0.25, -0.2) is 4.39 Å². The van der Waals surface area contributed by atoms with Crippen LogP contribution in [0.15, 0.2) is 18.2 Å². The van der Waals surface area contributed by atoms with Gasteiger partial charge in [-0.3, -0.25) is 4.90 Å². The second kappa shape index (κ2) is 4.95. The van der Waals surface area contributed by atoms with Gasteiger partial charge in [0.1, 0.15) is 5.82 Å². The van der Waals surface area contributed by atoms with Crippen molar-refractivity contribution in [2.45, 2.75) is 19.4 Å². The van der Waals surface area contributed by atoms with Crippen molar-refractivity contribution < 1.29 is 14.4 Å². The highest BCUT2D eigenvalue weighted by Crippen LogP contribution is 2.12. The van der Waals surface area contributed by atoms with Crippen LogP contribution in [0.5, 0.6) is 0 Å². The summed E-state index contributed by atoms with van der Waals surface area (Å²) in [6, 6.07) is 4.56. The molecule has 1 aromatic rings. The van der Waals surface area contributed by atoms with Crippen LogP contribution in [0.4, 0.5) is 4.39 Å². The highest BCUT2D eigenvalue weighted by molar-refractivity contribution is 6.58. The fraction of sp³-hybridized carbons (Fsp3) is 0.455. The van der Waals surface area contributed by atoms with E-state index in [4.69, 9.17) is 10.0 Å². The zero-order chi connectivity index (χ0) is 11.5. The van der Waals surface area contributed by atoms with Gasteiger partial charge in [-0.15, -0.1) is 0 Å². The van der Waals surface area contributed by atoms with E-state index in [1.807, 2.05) is 0 Å². The molecular weight excluding hydrogens is 208 g/mol. The largest absolute Gasteiger partial charge is 0.491 e. The lowest BCUT2D eigenvalue weighted by atomic mass is 9.79. The molecule has 2 N–H and O–H groups in total. The SMILES string of the molecule is OB(O)c1ccc(CN2CCCC2)cc1F. The Morgan fingerprint density at radius 1 is 1.25 bits per heavy atom. The van der Waals surface area contributed by atoms with Gasteiger partial charge in [-0.1, -0.05) is 12.1 Å². The van der Waals surface area contributed by atoms with Crippen molar-refractivity contribution in [3.05, 3.63) is 29.6 Å². The van der Waals surface area contributed by atoms with Crippen molar-refractivity contribution in [1.29, 1.82) is 0 Å². The van der Waals surface area contributed by atoms with Crippen molar-refractivity contribution in [2.24, 2.45) is 0 Å². The molecule has 1 aliphatic heterocycles. The number of rotatable bonds is 3. The maximum absolute atomic E-state index is 13.4. The van der Waals surface area contributed by atoms with Crippen LogP contribution >= 0.6 is 0 Å². The molecule has 2 rings (SSSR count). The molecule has 1 aromatic carbocycles. The molecule has 0 atom stereocenters. The summed E-state index contributed by atoms with van der Waals surface area (Å²) in [6.07, 6.45) is 2.41. The van der Waals surface area contributed by atoms with Crippen molar-refractivity contribution in [3.63, 3.8) is 0 Å². The van der Waals surface area contributed by atoms with E-state index in [-0.39, 0.29) is 5.46 Å². The molecule has 3 nitrogen and oxygen atoms in total. The Bertz CT molecular complexity index is 367. The number of hydrogen-bond acceptors (Lipinski definition) is 3. The fourth-order valence-corrected chi connectivity index (χ4v) is 2.08. The van der Waals surface area contributed by atoms with Crippen LogP contribution in [0.25, 0.3) is 0 Å². The molecule has 0 spiro atoms. The Balaban J connectivity index is 2.08. The first kappa shape index (κ1) is 11.6. The highest BCUT2D eigenvalue weighted by atomic mass is 19.1. The summed E-state index contributed by atoms with van der Waals surface area (Å²) in [4.78, 5) is 2.27. The van der Waals surface area contributed by atoms with Crippen LogP contribution in [0.2, 0.25) is 0 Å². The maximum atomic E-state index is 13.4. The van der Waals surface area contributed by atoms with E-state index in [2.05, 4.69) is 4.90 Å². The normalized spacial score (nSPS) is 16.7. The second-order valence-corrected chi connectivity index (χ2v) is 4.21. The Hall–Kier alpha value is -0.905. The van der Waals surface area contributed by atoms with Crippen LogP contribution in [-0.4, -0.2) is 35.2 Å². The first-order chi connectivity index (χ1) is 7.66. The molecule has 0 amide bonds. The fourth-order valence-electron chi connectivity index (χ4n) is 2.08. The van der Waals surface area contributed by atoms with Crippen LogP contribution in [0, 0.1) is 5.82 Å². The third-order valence-electron chi connectivity index (χ3n) is 2.95. The average molecular weight is 223 g/mol. The van der Waals surface area contributed by atoms with Crippen LogP contribution in [-0.2, 0) is 6.54 Å². The minimum absolute atomic E-state index is 0.0647. The number of halogens is 1. The first-order valence-electron chi connectivity index (χ1n) is 5.53. The molecule has 0 aromatic heterocycles. The smallest absolute Gasteiger partial charge is 0.423 e. The van der Waals surface area contributed by atoms with E-state index < -0.39 is 12.9 Å². The summed E-state index contributed by atoms with van der Waals surface area (Å²) < 4.78 is 13.4. The molecule has 0 bridgehead atoms. The molecule has 86 valence electrons. The van der Waals surface area contributed by atoms with Crippen LogP contribution < -0.4 is 5.46 Å². The van der Waals surface area contributed by atoms with E-state index in [9.17, 15) is 4.39 Å². The summed E-state index contributed by atoms with van der Waals surface area (Å²) in [5, 5.41) is 17.8. The first-order valence-corrected chi connectivity index (χ1v) is 5.53. The van der Waals surface area contributed by atoms with Gasteiger partial charge in [0.15, 0.2) is 0 Å². The van der Waals surface area contributed by atoms with E-state index in [1.165, 1.54) is 25.0 Å². The summed E-state index contributed by atoms with van der Waals surface area (Å²) in [7, 11) is -1.74. The maximum Gasteiger partial charge on any atom is 0.491 e. The molecule has 1 aliphatic rings. The molecule has 5 heteroatoms. The lowest BCUT2D eigenvalue weighted by Crippen LogP contribution is -2.33. The molecule has 1 fully saturated rings. The Morgan fingerprint density at radius 3 is 2.50 bits per heavy atom. The van der Waals surface area contributed by atoms with Gasteiger partial charge in [-0.2, -0.15) is 0 Å². The molecule has 0 radical (unpaired) electrons. The van der Waals surface area contributed by atoms with Gasteiger partial charge in [-0.05, 0) is 37.6 Å². The number of benzene rings is 1. The Kier molecular flexibility index (Phi) is 3.58. The summed E-state index contributed by atoms with van der Waals surface area (Å²) in [5.74, 6) is -0.549. The Labute approximate surface area is 94.7 Å². The monoisotopic (exact) mass is 223 g/mol. The van der Waals surface area contributed by atoms with Gasteiger partial charge >= 0.3 is 7.12 Å². The predicted molar refractivity (Wildman–Crippen MR) is 60.7 cm³/mol. The summed E-state index contributed by atoms with van der Waals surface area (Å²) in [5.41, 5.74) is 0.814. The molecular formula is C11H15BFNO2. The van der Waals surface area contributed by atoms with Crippen molar-refractivity contribution in [2.75, 3.05) is 13.1 Å². The quantitative estimate of drug-likeness (QED) is 0.714. The minimum atomic E-state index is -1.74. The lowest BCUT2D eigenvalue weighted by molar-refractivity contribution is 0.331. The third-order valence-corrected chi connectivity index (χ3v) is 2.95. The van der Waals surface area contributed by atoms with Gasteiger partial charge in [0, 0.05) is 12.0 Å². The molecule has 16 heavy (non-hydrogen) atoms. The zero-order valence-electron chi connectivity index (χ0n) is 9.06. The predicted octanol–water partition coefficient (Wildman–Crippen LogP) is 0.101. The molecule has 0 unspecified atom stereocenters.